The number of aromatic nitrogens is 3. The Bertz CT molecular complexity index is 1310. The van der Waals surface area contributed by atoms with Crippen molar-refractivity contribution in [2.75, 3.05) is 43.0 Å². The molecule has 1 aliphatic heterocycles. The highest BCUT2D eigenvalue weighted by Crippen LogP contribution is 2.31. The van der Waals surface area contributed by atoms with Crippen LogP contribution in [-0.2, 0) is 22.3 Å². The van der Waals surface area contributed by atoms with E-state index >= 15 is 4.39 Å². The Morgan fingerprint density at radius 1 is 1.17 bits per heavy atom. The SMILES string of the molecule is CCOC(=O)C(c1ccncc1)N1CC[C@@H](CNc2ncnc(N(CC)Cc3ccc(C(F)(F)F)cc3)c2F)[C@H](O)C1. The predicted octanol–water partition coefficient (Wildman–Crippen LogP) is 4.46. The summed E-state index contributed by atoms with van der Waals surface area (Å²) in [7, 11) is 0. The van der Waals surface area contributed by atoms with Gasteiger partial charge in [-0.3, -0.25) is 9.88 Å². The summed E-state index contributed by atoms with van der Waals surface area (Å²) in [4.78, 5) is 28.4. The Morgan fingerprint density at radius 3 is 2.50 bits per heavy atom. The molecule has 226 valence electrons. The third-order valence-electron chi connectivity index (χ3n) is 7.29. The van der Waals surface area contributed by atoms with E-state index < -0.39 is 35.7 Å². The third kappa shape index (κ3) is 7.51. The normalized spacial score (nSPS) is 18.4. The first kappa shape index (κ1) is 31.1. The number of halogens is 4. The van der Waals surface area contributed by atoms with Crippen LogP contribution in [0.2, 0.25) is 0 Å². The number of nitrogens with one attached hydrogen (secondary N) is 1. The summed E-state index contributed by atoms with van der Waals surface area (Å²) in [6.07, 6.45) is -0.293. The zero-order chi connectivity index (χ0) is 30.3. The van der Waals surface area contributed by atoms with E-state index in [2.05, 4.69) is 20.3 Å². The molecular formula is C29H34F4N6O3. The van der Waals surface area contributed by atoms with Crippen molar-refractivity contribution in [2.45, 2.75) is 45.1 Å². The van der Waals surface area contributed by atoms with E-state index in [4.69, 9.17) is 4.74 Å². The lowest BCUT2D eigenvalue weighted by Crippen LogP contribution is -2.49. The number of likely N-dealkylation sites (tertiary alicyclic amines) is 1. The van der Waals surface area contributed by atoms with Gasteiger partial charge in [0.15, 0.2) is 11.6 Å². The Morgan fingerprint density at radius 2 is 1.88 bits per heavy atom. The van der Waals surface area contributed by atoms with Gasteiger partial charge < -0.3 is 20.1 Å². The summed E-state index contributed by atoms with van der Waals surface area (Å²) in [5.41, 5.74) is 0.538. The van der Waals surface area contributed by atoms with Crippen LogP contribution >= 0.6 is 0 Å². The fraction of sp³-hybridized carbons (Fsp3) is 0.448. The van der Waals surface area contributed by atoms with E-state index in [1.165, 1.54) is 18.5 Å². The van der Waals surface area contributed by atoms with Crippen LogP contribution in [0.25, 0.3) is 0 Å². The van der Waals surface area contributed by atoms with Crippen molar-refractivity contribution in [1.82, 2.24) is 19.9 Å². The number of rotatable bonds is 11. The summed E-state index contributed by atoms with van der Waals surface area (Å²) < 4.78 is 59.5. The van der Waals surface area contributed by atoms with Crippen LogP contribution in [-0.4, -0.2) is 69.8 Å². The predicted molar refractivity (Wildman–Crippen MR) is 148 cm³/mol. The molecule has 1 aliphatic rings. The minimum absolute atomic E-state index is 0.0138. The lowest BCUT2D eigenvalue weighted by atomic mass is 9.91. The van der Waals surface area contributed by atoms with Gasteiger partial charge in [0.1, 0.15) is 12.4 Å². The largest absolute Gasteiger partial charge is 0.465 e. The van der Waals surface area contributed by atoms with Gasteiger partial charge in [-0.2, -0.15) is 17.6 Å². The number of piperidine rings is 1. The number of nitrogens with zero attached hydrogens (tertiary/aromatic N) is 5. The number of alkyl halides is 3. The van der Waals surface area contributed by atoms with E-state index in [9.17, 15) is 23.1 Å². The summed E-state index contributed by atoms with van der Waals surface area (Å²) in [5.74, 6) is -1.37. The number of anilines is 2. The zero-order valence-corrected chi connectivity index (χ0v) is 23.4. The minimum Gasteiger partial charge on any atom is -0.465 e. The highest BCUT2D eigenvalue weighted by atomic mass is 19.4. The van der Waals surface area contributed by atoms with Gasteiger partial charge in [0.25, 0.3) is 0 Å². The van der Waals surface area contributed by atoms with Crippen LogP contribution in [0.3, 0.4) is 0 Å². The first-order valence-electron chi connectivity index (χ1n) is 13.8. The molecule has 3 atom stereocenters. The molecule has 0 radical (unpaired) electrons. The molecule has 1 saturated heterocycles. The Balaban J connectivity index is 1.40. The molecule has 4 rings (SSSR count). The molecule has 0 aliphatic carbocycles. The van der Waals surface area contributed by atoms with Gasteiger partial charge in [0.2, 0.25) is 5.82 Å². The van der Waals surface area contributed by atoms with Crippen LogP contribution < -0.4 is 10.2 Å². The highest BCUT2D eigenvalue weighted by molar-refractivity contribution is 5.77. The number of hydrogen-bond acceptors (Lipinski definition) is 9. The van der Waals surface area contributed by atoms with E-state index in [0.29, 0.717) is 25.1 Å². The van der Waals surface area contributed by atoms with Crippen molar-refractivity contribution in [1.29, 1.82) is 0 Å². The minimum atomic E-state index is -4.44. The number of benzene rings is 1. The van der Waals surface area contributed by atoms with Gasteiger partial charge in [0, 0.05) is 44.5 Å². The molecule has 42 heavy (non-hydrogen) atoms. The number of pyridine rings is 1. The second kappa shape index (κ2) is 13.9. The van der Waals surface area contributed by atoms with E-state index in [0.717, 1.165) is 17.7 Å². The Kier molecular flexibility index (Phi) is 10.3. The second-order valence-electron chi connectivity index (χ2n) is 10.00. The average Bonchev–Trinajstić information content (AvgIpc) is 2.97. The van der Waals surface area contributed by atoms with Gasteiger partial charge in [-0.25, -0.2) is 14.8 Å². The van der Waals surface area contributed by atoms with Gasteiger partial charge in [-0.1, -0.05) is 12.1 Å². The maximum atomic E-state index is 15.5. The molecule has 0 spiro atoms. The van der Waals surface area contributed by atoms with E-state index in [1.54, 1.807) is 43.3 Å². The Hall–Kier alpha value is -3.84. The topological polar surface area (TPSA) is 104 Å². The molecule has 3 aromatic rings. The molecule has 0 amide bonds. The van der Waals surface area contributed by atoms with Gasteiger partial charge in [-0.05, 0) is 62.2 Å². The summed E-state index contributed by atoms with van der Waals surface area (Å²) in [6, 6.07) is 7.52. The van der Waals surface area contributed by atoms with Gasteiger partial charge in [0.05, 0.1) is 18.3 Å². The molecule has 1 unspecified atom stereocenters. The fourth-order valence-corrected chi connectivity index (χ4v) is 5.03. The molecule has 2 N–H and O–H groups in total. The highest BCUT2D eigenvalue weighted by Gasteiger charge is 2.36. The maximum absolute atomic E-state index is 15.5. The number of ether oxygens (including phenoxy) is 1. The van der Waals surface area contributed by atoms with E-state index in [1.807, 2.05) is 4.90 Å². The number of carbonyl (C=O) groups is 1. The standard InChI is InChI=1S/C29H34F4N6O3/c1-3-38(16-19-5-7-22(8-6-19)29(31,32)33)27-24(30)26(36-18-37-27)35-15-21-11-14-39(17-23(21)40)25(28(41)42-4-2)20-9-12-34-13-10-20/h5-10,12-13,18,21,23,25,40H,3-4,11,14-17H2,1-2H3,(H,35,36,37)/t21-,23+,25?/m0/s1. The van der Waals surface area contributed by atoms with Crippen molar-refractivity contribution in [2.24, 2.45) is 5.92 Å². The third-order valence-corrected chi connectivity index (χ3v) is 7.29. The molecule has 3 heterocycles. The molecule has 13 heteroatoms. The first-order chi connectivity index (χ1) is 20.1. The maximum Gasteiger partial charge on any atom is 0.416 e. The summed E-state index contributed by atoms with van der Waals surface area (Å²) >= 11 is 0. The number of esters is 1. The first-order valence-corrected chi connectivity index (χ1v) is 13.8. The quantitative estimate of drug-likeness (QED) is 0.248. The van der Waals surface area contributed by atoms with Crippen molar-refractivity contribution < 1.29 is 32.2 Å². The number of carbonyl (C=O) groups excluding carboxylic acids is 1. The Labute approximate surface area is 241 Å². The number of hydrogen-bond donors (Lipinski definition) is 2. The van der Waals surface area contributed by atoms with Crippen LogP contribution in [0.4, 0.5) is 29.2 Å². The van der Waals surface area contributed by atoms with Crippen LogP contribution in [0.1, 0.15) is 43.0 Å². The van der Waals surface area contributed by atoms with Crippen molar-refractivity contribution in [3.8, 4) is 0 Å². The smallest absolute Gasteiger partial charge is 0.416 e. The van der Waals surface area contributed by atoms with Gasteiger partial charge in [-0.15, -0.1) is 0 Å². The van der Waals surface area contributed by atoms with Gasteiger partial charge >= 0.3 is 12.1 Å². The monoisotopic (exact) mass is 590 g/mol. The average molecular weight is 591 g/mol. The lowest BCUT2D eigenvalue weighted by molar-refractivity contribution is -0.151. The lowest BCUT2D eigenvalue weighted by Gasteiger charge is -2.39. The van der Waals surface area contributed by atoms with E-state index in [-0.39, 0.29) is 43.8 Å². The summed E-state index contributed by atoms with van der Waals surface area (Å²) in [5, 5.41) is 13.9. The number of aliphatic hydroxyl groups excluding tert-OH is 1. The zero-order valence-electron chi connectivity index (χ0n) is 23.4. The molecule has 1 fully saturated rings. The second-order valence-corrected chi connectivity index (χ2v) is 10.00. The molecule has 2 aromatic heterocycles. The molecule has 1 aromatic carbocycles. The van der Waals surface area contributed by atoms with Crippen LogP contribution in [0, 0.1) is 11.7 Å². The molecule has 9 nitrogen and oxygen atoms in total. The molecule has 0 bridgehead atoms. The van der Waals surface area contributed by atoms with Crippen LogP contribution in [0.15, 0.2) is 55.1 Å². The summed E-state index contributed by atoms with van der Waals surface area (Å²) in [6.45, 7) is 5.21. The van der Waals surface area contributed by atoms with Crippen molar-refractivity contribution >= 4 is 17.6 Å². The number of aliphatic hydroxyl groups is 1. The van der Waals surface area contributed by atoms with Crippen molar-refractivity contribution in [3.63, 3.8) is 0 Å². The molecule has 0 saturated carbocycles. The molecular weight excluding hydrogens is 556 g/mol. The van der Waals surface area contributed by atoms with Crippen LogP contribution in [0.5, 0.6) is 0 Å². The number of β-amino-alcohol motifs (C(OH)–C–C–N with tert-alkyl or cyclic N) is 1. The fourth-order valence-electron chi connectivity index (χ4n) is 5.03. The van der Waals surface area contributed by atoms with Crippen molar-refractivity contribution in [3.05, 3.63) is 77.6 Å².